The Bertz CT molecular complexity index is 690. The van der Waals surface area contributed by atoms with Gasteiger partial charge in [0.2, 0.25) is 0 Å². The number of carboxylic acids is 1. The van der Waals surface area contributed by atoms with Crippen LogP contribution in [0.25, 0.3) is 11.6 Å². The highest BCUT2D eigenvalue weighted by Gasteiger charge is 2.11. The lowest BCUT2D eigenvalue weighted by Gasteiger charge is -2.06. The van der Waals surface area contributed by atoms with Gasteiger partial charge >= 0.3 is 5.97 Å². The second kappa shape index (κ2) is 6.33. The molecule has 0 aromatic heterocycles. The Hall–Kier alpha value is -2.46. The van der Waals surface area contributed by atoms with Gasteiger partial charge in [-0.25, -0.2) is 4.79 Å². The highest BCUT2D eigenvalue weighted by atomic mass is 35.5. The van der Waals surface area contributed by atoms with Gasteiger partial charge in [0, 0.05) is 5.02 Å². The quantitative estimate of drug-likeness (QED) is 0.668. The van der Waals surface area contributed by atoms with Crippen LogP contribution in [-0.2, 0) is 4.79 Å². The fraction of sp³-hybridized carbons (Fsp3) is 0.0625. The number of ether oxygens (including phenoxy) is 1. The first-order chi connectivity index (χ1) is 10.0. The number of aromatic hydroxyl groups is 1. The van der Waals surface area contributed by atoms with Crippen LogP contribution in [0.1, 0.15) is 11.1 Å². The molecule has 2 aromatic rings. The summed E-state index contributed by atoms with van der Waals surface area (Å²) in [7, 11) is 1.45. The van der Waals surface area contributed by atoms with Crippen LogP contribution >= 0.6 is 11.6 Å². The van der Waals surface area contributed by atoms with Gasteiger partial charge in [-0.1, -0.05) is 29.8 Å². The van der Waals surface area contributed by atoms with Crippen LogP contribution < -0.4 is 4.74 Å². The molecule has 0 saturated carbocycles. The summed E-state index contributed by atoms with van der Waals surface area (Å²) in [6.07, 6.45) is 1.48. The third kappa shape index (κ3) is 3.55. The van der Waals surface area contributed by atoms with E-state index in [0.717, 1.165) is 0 Å². The zero-order chi connectivity index (χ0) is 15.4. The van der Waals surface area contributed by atoms with Crippen LogP contribution in [0.5, 0.6) is 11.5 Å². The molecule has 0 aliphatic rings. The van der Waals surface area contributed by atoms with E-state index in [9.17, 15) is 15.0 Å². The molecule has 0 radical (unpaired) electrons. The number of hydrogen-bond acceptors (Lipinski definition) is 3. The van der Waals surface area contributed by atoms with Crippen molar-refractivity contribution in [1.29, 1.82) is 0 Å². The molecule has 0 unspecified atom stereocenters. The number of carboxylic acid groups (broad SMARTS) is 1. The van der Waals surface area contributed by atoms with E-state index < -0.39 is 5.97 Å². The molecule has 5 heteroatoms. The average Bonchev–Trinajstić information content (AvgIpc) is 2.46. The summed E-state index contributed by atoms with van der Waals surface area (Å²) in [6, 6.07) is 11.2. The standard InChI is InChI=1S/C16H13ClO4/c1-21-15-7-2-10(9-14(15)18)8-13(16(19)20)11-3-5-12(17)6-4-11/h2-9,18H,1H3,(H,19,20)/b13-8-. The van der Waals surface area contributed by atoms with Gasteiger partial charge in [-0.2, -0.15) is 0 Å². The molecule has 0 aliphatic carbocycles. The Morgan fingerprint density at radius 3 is 2.38 bits per heavy atom. The Morgan fingerprint density at radius 1 is 1.19 bits per heavy atom. The van der Waals surface area contributed by atoms with Gasteiger partial charge in [-0.3, -0.25) is 0 Å². The zero-order valence-corrected chi connectivity index (χ0v) is 12.0. The maximum Gasteiger partial charge on any atom is 0.336 e. The van der Waals surface area contributed by atoms with Crippen LogP contribution in [-0.4, -0.2) is 23.3 Å². The molecular weight excluding hydrogens is 292 g/mol. The number of rotatable bonds is 4. The van der Waals surface area contributed by atoms with Crippen LogP contribution in [0, 0.1) is 0 Å². The van der Waals surface area contributed by atoms with Gasteiger partial charge in [0.1, 0.15) is 0 Å². The van der Waals surface area contributed by atoms with E-state index in [1.165, 1.54) is 19.3 Å². The number of phenolic OH excluding ortho intramolecular Hbond substituents is 1. The molecule has 2 N–H and O–H groups in total. The normalized spacial score (nSPS) is 11.2. The van der Waals surface area contributed by atoms with Crippen molar-refractivity contribution in [2.45, 2.75) is 0 Å². The fourth-order valence-electron chi connectivity index (χ4n) is 1.86. The van der Waals surface area contributed by atoms with E-state index in [0.29, 0.717) is 21.9 Å². The second-order valence-electron chi connectivity index (χ2n) is 4.30. The zero-order valence-electron chi connectivity index (χ0n) is 11.2. The number of phenols is 1. The molecule has 21 heavy (non-hydrogen) atoms. The first-order valence-electron chi connectivity index (χ1n) is 6.09. The van der Waals surface area contributed by atoms with Crippen LogP contribution in [0.15, 0.2) is 42.5 Å². The molecule has 0 atom stereocenters. The molecule has 0 saturated heterocycles. The second-order valence-corrected chi connectivity index (χ2v) is 4.74. The van der Waals surface area contributed by atoms with Crippen LogP contribution in [0.2, 0.25) is 5.02 Å². The van der Waals surface area contributed by atoms with Gasteiger partial charge in [-0.15, -0.1) is 0 Å². The minimum atomic E-state index is -1.06. The number of methoxy groups -OCH3 is 1. The number of halogens is 1. The van der Waals surface area contributed by atoms with E-state index in [1.54, 1.807) is 36.4 Å². The van der Waals surface area contributed by atoms with Crippen molar-refractivity contribution in [1.82, 2.24) is 0 Å². The smallest absolute Gasteiger partial charge is 0.336 e. The van der Waals surface area contributed by atoms with Gasteiger partial charge in [0.25, 0.3) is 0 Å². The predicted molar refractivity (Wildman–Crippen MR) is 81.6 cm³/mol. The molecule has 0 amide bonds. The highest BCUT2D eigenvalue weighted by Crippen LogP contribution is 2.28. The third-order valence-electron chi connectivity index (χ3n) is 2.90. The Labute approximate surface area is 126 Å². The average molecular weight is 305 g/mol. The number of aliphatic carboxylic acids is 1. The third-order valence-corrected chi connectivity index (χ3v) is 3.15. The summed E-state index contributed by atoms with van der Waals surface area (Å²) < 4.78 is 4.95. The van der Waals surface area contributed by atoms with Gasteiger partial charge < -0.3 is 14.9 Å². The van der Waals surface area contributed by atoms with E-state index in [2.05, 4.69) is 0 Å². The molecule has 0 spiro atoms. The lowest BCUT2D eigenvalue weighted by atomic mass is 10.0. The minimum Gasteiger partial charge on any atom is -0.504 e. The summed E-state index contributed by atoms with van der Waals surface area (Å²) >= 11 is 5.80. The van der Waals surface area contributed by atoms with E-state index in [1.807, 2.05) is 0 Å². The summed E-state index contributed by atoms with van der Waals surface area (Å²) in [4.78, 5) is 11.4. The maximum atomic E-state index is 11.4. The van der Waals surface area contributed by atoms with E-state index in [4.69, 9.17) is 16.3 Å². The minimum absolute atomic E-state index is 0.0490. The molecule has 0 aliphatic heterocycles. The first-order valence-corrected chi connectivity index (χ1v) is 6.47. The van der Waals surface area contributed by atoms with Crippen molar-refractivity contribution < 1.29 is 19.7 Å². The predicted octanol–water partition coefficient (Wildman–Crippen LogP) is 3.68. The topological polar surface area (TPSA) is 66.8 Å². The fourth-order valence-corrected chi connectivity index (χ4v) is 1.99. The summed E-state index contributed by atoms with van der Waals surface area (Å²) in [5.74, 6) is -0.782. The van der Waals surface area contributed by atoms with E-state index in [-0.39, 0.29) is 11.3 Å². The number of benzene rings is 2. The van der Waals surface area contributed by atoms with Crippen molar-refractivity contribution in [2.24, 2.45) is 0 Å². The number of hydrogen-bond donors (Lipinski definition) is 2. The van der Waals surface area contributed by atoms with Crippen molar-refractivity contribution in [3.63, 3.8) is 0 Å². The number of carbonyl (C=O) groups is 1. The largest absolute Gasteiger partial charge is 0.504 e. The summed E-state index contributed by atoms with van der Waals surface area (Å²) in [6.45, 7) is 0. The molecule has 2 rings (SSSR count). The van der Waals surface area contributed by atoms with Crippen molar-refractivity contribution >= 4 is 29.2 Å². The van der Waals surface area contributed by atoms with Crippen molar-refractivity contribution in [3.05, 3.63) is 58.6 Å². The van der Waals surface area contributed by atoms with Gasteiger partial charge in [0.15, 0.2) is 11.5 Å². The molecule has 2 aromatic carbocycles. The van der Waals surface area contributed by atoms with Gasteiger partial charge in [0.05, 0.1) is 12.7 Å². The molecule has 0 bridgehead atoms. The highest BCUT2D eigenvalue weighted by molar-refractivity contribution is 6.30. The van der Waals surface area contributed by atoms with Gasteiger partial charge in [-0.05, 0) is 41.5 Å². The molecule has 0 heterocycles. The summed E-state index contributed by atoms with van der Waals surface area (Å²) in [5, 5.41) is 19.6. The Morgan fingerprint density at radius 2 is 1.86 bits per heavy atom. The lowest BCUT2D eigenvalue weighted by Crippen LogP contribution is -1.99. The SMILES string of the molecule is COc1ccc(/C=C(\C(=O)O)c2ccc(Cl)cc2)cc1O. The Balaban J connectivity index is 2.45. The van der Waals surface area contributed by atoms with Crippen molar-refractivity contribution in [3.8, 4) is 11.5 Å². The van der Waals surface area contributed by atoms with Crippen molar-refractivity contribution in [2.75, 3.05) is 7.11 Å². The Kier molecular flexibility index (Phi) is 4.50. The van der Waals surface area contributed by atoms with Crippen LogP contribution in [0.4, 0.5) is 0 Å². The molecule has 108 valence electrons. The first kappa shape index (κ1) is 14.9. The molecular formula is C16H13ClO4. The van der Waals surface area contributed by atoms with E-state index >= 15 is 0 Å². The lowest BCUT2D eigenvalue weighted by molar-refractivity contribution is -0.130. The van der Waals surface area contributed by atoms with Crippen LogP contribution in [0.3, 0.4) is 0 Å². The molecule has 0 fully saturated rings. The maximum absolute atomic E-state index is 11.4. The molecule has 4 nitrogen and oxygen atoms in total. The monoisotopic (exact) mass is 304 g/mol. The summed E-state index contributed by atoms with van der Waals surface area (Å²) in [5.41, 5.74) is 1.19.